The normalized spacial score (nSPS) is 10.7. The summed E-state index contributed by atoms with van der Waals surface area (Å²) in [4.78, 5) is 11.4. The minimum atomic E-state index is -0.627. The van der Waals surface area contributed by atoms with Crippen molar-refractivity contribution in [2.75, 3.05) is 12.0 Å². The molecule has 0 saturated heterocycles. The summed E-state index contributed by atoms with van der Waals surface area (Å²) in [6.07, 6.45) is 1.78. The molecule has 1 aromatic heterocycles. The second-order valence-corrected chi connectivity index (χ2v) is 5.28. The summed E-state index contributed by atoms with van der Waals surface area (Å²) in [5.74, 6) is -0.473. The molecule has 0 spiro atoms. The van der Waals surface area contributed by atoms with E-state index in [1.807, 2.05) is 0 Å². The number of anilines is 1. The van der Waals surface area contributed by atoms with Crippen LogP contribution < -0.4 is 11.5 Å². The zero-order chi connectivity index (χ0) is 14.2. The third kappa shape index (κ3) is 2.51. The fourth-order valence-electron chi connectivity index (χ4n) is 1.62. The second-order valence-electron chi connectivity index (χ2n) is 3.64. The van der Waals surface area contributed by atoms with E-state index < -0.39 is 5.91 Å². The predicted octanol–water partition coefficient (Wildman–Crippen LogP) is 2.58. The van der Waals surface area contributed by atoms with Crippen LogP contribution in [-0.2, 0) is 0 Å². The van der Waals surface area contributed by atoms with Gasteiger partial charge in [0.1, 0.15) is 16.4 Å². The SMILES string of the molecule is CSc1nn(-c2ccc(Cl)cc2Cl)c(N)c1C(N)=O. The minimum absolute atomic E-state index is 0.154. The number of aromatic nitrogens is 2. The smallest absolute Gasteiger partial charge is 0.255 e. The Bertz CT molecular complexity index is 656. The average Bonchev–Trinajstić information content (AvgIpc) is 2.66. The number of rotatable bonds is 3. The third-order valence-electron chi connectivity index (χ3n) is 2.47. The zero-order valence-corrected chi connectivity index (χ0v) is 12.2. The predicted molar refractivity (Wildman–Crippen MR) is 78.3 cm³/mol. The second kappa shape index (κ2) is 5.32. The molecule has 0 saturated carbocycles. The van der Waals surface area contributed by atoms with E-state index in [2.05, 4.69) is 5.10 Å². The lowest BCUT2D eigenvalue weighted by molar-refractivity contribution is 0.0998. The van der Waals surface area contributed by atoms with E-state index in [0.29, 0.717) is 20.8 Å². The number of benzene rings is 1. The highest BCUT2D eigenvalue weighted by Gasteiger charge is 2.21. The molecule has 0 bridgehead atoms. The molecular formula is C11H10Cl2N4OS. The van der Waals surface area contributed by atoms with Crippen molar-refractivity contribution in [3.63, 3.8) is 0 Å². The number of nitrogens with two attached hydrogens (primary N) is 2. The van der Waals surface area contributed by atoms with Gasteiger partial charge in [-0.3, -0.25) is 4.79 Å². The van der Waals surface area contributed by atoms with Crippen LogP contribution in [0.25, 0.3) is 5.69 Å². The Balaban J connectivity index is 2.66. The van der Waals surface area contributed by atoms with Gasteiger partial charge in [-0.05, 0) is 24.5 Å². The van der Waals surface area contributed by atoms with Crippen molar-refractivity contribution in [2.24, 2.45) is 5.73 Å². The van der Waals surface area contributed by atoms with Crippen LogP contribution in [0.2, 0.25) is 10.0 Å². The number of amides is 1. The van der Waals surface area contributed by atoms with Gasteiger partial charge in [-0.2, -0.15) is 5.10 Å². The zero-order valence-electron chi connectivity index (χ0n) is 9.85. The van der Waals surface area contributed by atoms with E-state index in [0.717, 1.165) is 0 Å². The van der Waals surface area contributed by atoms with Crippen LogP contribution in [0.5, 0.6) is 0 Å². The van der Waals surface area contributed by atoms with Gasteiger partial charge in [-0.25, -0.2) is 4.68 Å². The molecule has 0 aliphatic heterocycles. The molecule has 2 aromatic rings. The topological polar surface area (TPSA) is 86.9 Å². The van der Waals surface area contributed by atoms with E-state index in [1.165, 1.54) is 16.4 Å². The van der Waals surface area contributed by atoms with Crippen LogP contribution in [0.15, 0.2) is 23.2 Å². The maximum Gasteiger partial charge on any atom is 0.255 e. The Morgan fingerprint density at radius 3 is 2.58 bits per heavy atom. The number of hydrogen-bond acceptors (Lipinski definition) is 4. The lowest BCUT2D eigenvalue weighted by Crippen LogP contribution is -2.14. The molecular weight excluding hydrogens is 307 g/mol. The van der Waals surface area contributed by atoms with Gasteiger partial charge in [0.25, 0.3) is 5.91 Å². The van der Waals surface area contributed by atoms with Gasteiger partial charge in [-0.15, -0.1) is 11.8 Å². The first-order valence-corrected chi connectivity index (χ1v) is 7.11. The molecule has 0 aliphatic carbocycles. The van der Waals surface area contributed by atoms with Crippen molar-refractivity contribution < 1.29 is 4.79 Å². The maximum atomic E-state index is 11.4. The molecule has 2 rings (SSSR count). The molecule has 5 nitrogen and oxygen atoms in total. The van der Waals surface area contributed by atoms with Gasteiger partial charge >= 0.3 is 0 Å². The minimum Gasteiger partial charge on any atom is -0.383 e. The Labute approximate surface area is 123 Å². The molecule has 0 fully saturated rings. The molecule has 4 N–H and O–H groups in total. The number of nitrogen functional groups attached to an aromatic ring is 1. The number of hydrogen-bond donors (Lipinski definition) is 2. The lowest BCUT2D eigenvalue weighted by atomic mass is 10.3. The number of thioether (sulfide) groups is 1. The van der Waals surface area contributed by atoms with Crippen LogP contribution >= 0.6 is 35.0 Å². The van der Waals surface area contributed by atoms with Crippen LogP contribution in [0, 0.1) is 0 Å². The Kier molecular flexibility index (Phi) is 3.93. The van der Waals surface area contributed by atoms with Gasteiger partial charge in [0.15, 0.2) is 0 Å². The fraction of sp³-hybridized carbons (Fsp3) is 0.0909. The summed E-state index contributed by atoms with van der Waals surface area (Å²) >= 11 is 13.2. The first-order chi connectivity index (χ1) is 8.95. The molecule has 1 heterocycles. The molecule has 0 aliphatic rings. The first kappa shape index (κ1) is 14.0. The highest BCUT2D eigenvalue weighted by molar-refractivity contribution is 7.98. The van der Waals surface area contributed by atoms with E-state index in [1.54, 1.807) is 24.5 Å². The van der Waals surface area contributed by atoms with Crippen molar-refractivity contribution in [3.8, 4) is 5.69 Å². The van der Waals surface area contributed by atoms with Gasteiger partial charge in [0.2, 0.25) is 0 Å². The Morgan fingerprint density at radius 2 is 2.11 bits per heavy atom. The number of primary amides is 1. The van der Waals surface area contributed by atoms with Gasteiger partial charge in [-0.1, -0.05) is 23.2 Å². The molecule has 8 heteroatoms. The fourth-order valence-corrected chi connectivity index (χ4v) is 2.68. The van der Waals surface area contributed by atoms with Crippen molar-refractivity contribution in [2.45, 2.75) is 5.03 Å². The number of halogens is 2. The van der Waals surface area contributed by atoms with Crippen molar-refractivity contribution in [1.82, 2.24) is 9.78 Å². The van der Waals surface area contributed by atoms with Crippen LogP contribution in [0.1, 0.15) is 10.4 Å². The van der Waals surface area contributed by atoms with Gasteiger partial charge in [0, 0.05) is 5.02 Å². The Morgan fingerprint density at radius 1 is 1.42 bits per heavy atom. The largest absolute Gasteiger partial charge is 0.383 e. The summed E-state index contributed by atoms with van der Waals surface area (Å²) in [5, 5.41) is 5.57. The standard InChI is InChI=1S/C11H10Cl2N4OS/c1-19-11-8(10(15)18)9(14)17(16-11)7-3-2-5(12)4-6(7)13/h2-4H,14H2,1H3,(H2,15,18). The molecule has 1 aromatic carbocycles. The summed E-state index contributed by atoms with van der Waals surface area (Å²) < 4.78 is 1.38. The van der Waals surface area contributed by atoms with Crippen molar-refractivity contribution in [3.05, 3.63) is 33.8 Å². The highest BCUT2D eigenvalue weighted by Crippen LogP contribution is 2.30. The number of carbonyl (C=O) groups excluding carboxylic acids is 1. The Hall–Kier alpha value is -1.37. The first-order valence-electron chi connectivity index (χ1n) is 5.13. The van der Waals surface area contributed by atoms with Gasteiger partial charge in [0.05, 0.1) is 10.7 Å². The van der Waals surface area contributed by atoms with E-state index in [4.69, 9.17) is 34.7 Å². The maximum absolute atomic E-state index is 11.4. The molecule has 19 heavy (non-hydrogen) atoms. The summed E-state index contributed by atoms with van der Waals surface area (Å²) in [6.45, 7) is 0. The quantitative estimate of drug-likeness (QED) is 0.852. The monoisotopic (exact) mass is 316 g/mol. The van der Waals surface area contributed by atoms with Crippen LogP contribution in [-0.4, -0.2) is 21.9 Å². The van der Waals surface area contributed by atoms with Crippen LogP contribution in [0.4, 0.5) is 5.82 Å². The van der Waals surface area contributed by atoms with E-state index in [-0.39, 0.29) is 11.4 Å². The summed E-state index contributed by atoms with van der Waals surface area (Å²) in [5.41, 5.74) is 11.9. The van der Waals surface area contributed by atoms with Crippen LogP contribution in [0.3, 0.4) is 0 Å². The average molecular weight is 317 g/mol. The molecule has 0 radical (unpaired) electrons. The molecule has 0 atom stereocenters. The molecule has 0 unspecified atom stereocenters. The van der Waals surface area contributed by atoms with Crippen molar-refractivity contribution in [1.29, 1.82) is 0 Å². The van der Waals surface area contributed by atoms with E-state index >= 15 is 0 Å². The summed E-state index contributed by atoms with van der Waals surface area (Å²) in [7, 11) is 0. The number of carbonyl (C=O) groups is 1. The van der Waals surface area contributed by atoms with E-state index in [9.17, 15) is 4.79 Å². The molecule has 1 amide bonds. The highest BCUT2D eigenvalue weighted by atomic mass is 35.5. The van der Waals surface area contributed by atoms with Gasteiger partial charge < -0.3 is 11.5 Å². The lowest BCUT2D eigenvalue weighted by Gasteiger charge is -2.06. The molecule has 100 valence electrons. The summed E-state index contributed by atoms with van der Waals surface area (Å²) in [6, 6.07) is 4.90. The number of nitrogens with zero attached hydrogens (tertiary/aromatic N) is 2. The van der Waals surface area contributed by atoms with Crippen molar-refractivity contribution >= 4 is 46.7 Å². The third-order valence-corrected chi connectivity index (χ3v) is 3.68.